The molecule has 0 atom stereocenters. The first-order valence-corrected chi connectivity index (χ1v) is 9.91. The fraction of sp³-hybridized carbons (Fsp3) is 0.250. The Labute approximate surface area is 187 Å². The van der Waals surface area contributed by atoms with E-state index in [1.54, 1.807) is 25.3 Å². The molecule has 2 rings (SSSR count). The highest BCUT2D eigenvalue weighted by Gasteiger charge is 2.12. The number of ether oxygens (including phenoxy) is 1. The van der Waals surface area contributed by atoms with E-state index in [9.17, 15) is 14.7 Å². The molecule has 0 saturated carbocycles. The van der Waals surface area contributed by atoms with Crippen LogP contribution < -0.4 is 14.5 Å². The number of hydrogen-bond acceptors (Lipinski definition) is 6. The molecule has 0 radical (unpaired) electrons. The Kier molecular flexibility index (Phi) is 8.85. The van der Waals surface area contributed by atoms with Gasteiger partial charge in [0.15, 0.2) is 0 Å². The molecule has 0 aromatic heterocycles. The van der Waals surface area contributed by atoms with Crippen molar-refractivity contribution in [3.63, 3.8) is 0 Å². The van der Waals surface area contributed by atoms with Crippen LogP contribution in [0.3, 0.4) is 0 Å². The molecule has 170 valence electrons. The van der Waals surface area contributed by atoms with E-state index in [0.29, 0.717) is 30.0 Å². The number of anilines is 2. The lowest BCUT2D eigenvalue weighted by Gasteiger charge is -2.27. The van der Waals surface area contributed by atoms with Crippen molar-refractivity contribution in [3.05, 3.63) is 65.2 Å². The molecule has 2 aromatic rings. The zero-order chi connectivity index (χ0) is 23.7. The molecule has 0 saturated heterocycles. The maximum Gasteiger partial charge on any atom is 0.328 e. The van der Waals surface area contributed by atoms with Gasteiger partial charge in [0.05, 0.1) is 19.4 Å². The molecular weight excluding hydrogens is 412 g/mol. The SMILES string of the molecule is COc1cc(/C=C/C(=O)O)ccc1N(C)CCN(C)c1ccc(/C=C/C(=O)O)cc1CO. The lowest BCUT2D eigenvalue weighted by atomic mass is 10.1. The largest absolute Gasteiger partial charge is 0.495 e. The summed E-state index contributed by atoms with van der Waals surface area (Å²) in [6.07, 6.45) is 5.13. The monoisotopic (exact) mass is 440 g/mol. The maximum absolute atomic E-state index is 10.7. The normalized spacial score (nSPS) is 11.1. The average Bonchev–Trinajstić information content (AvgIpc) is 2.79. The summed E-state index contributed by atoms with van der Waals surface area (Å²) in [6.45, 7) is 1.14. The smallest absolute Gasteiger partial charge is 0.328 e. The highest BCUT2D eigenvalue weighted by atomic mass is 16.5. The van der Waals surface area contributed by atoms with E-state index < -0.39 is 11.9 Å². The van der Waals surface area contributed by atoms with E-state index in [4.69, 9.17) is 14.9 Å². The van der Waals surface area contributed by atoms with Crippen LogP contribution in [0.15, 0.2) is 48.6 Å². The predicted molar refractivity (Wildman–Crippen MR) is 125 cm³/mol. The number of carbonyl (C=O) groups is 2. The number of rotatable bonds is 11. The fourth-order valence-corrected chi connectivity index (χ4v) is 3.20. The van der Waals surface area contributed by atoms with Gasteiger partial charge >= 0.3 is 11.9 Å². The van der Waals surface area contributed by atoms with Crippen molar-refractivity contribution in [2.45, 2.75) is 6.61 Å². The molecule has 3 N–H and O–H groups in total. The predicted octanol–water partition coefficient (Wildman–Crippen LogP) is 2.96. The van der Waals surface area contributed by atoms with E-state index in [1.807, 2.05) is 42.1 Å². The number of methoxy groups -OCH3 is 1. The topological polar surface area (TPSA) is 111 Å². The highest BCUT2D eigenvalue weighted by molar-refractivity contribution is 5.86. The van der Waals surface area contributed by atoms with E-state index in [1.165, 1.54) is 12.2 Å². The molecule has 0 aliphatic rings. The Hall–Kier alpha value is -3.78. The Balaban J connectivity index is 2.11. The first kappa shape index (κ1) is 24.5. The van der Waals surface area contributed by atoms with Crippen LogP contribution in [-0.2, 0) is 16.2 Å². The van der Waals surface area contributed by atoms with Gasteiger partial charge in [-0.15, -0.1) is 0 Å². The molecule has 0 aliphatic carbocycles. The lowest BCUT2D eigenvalue weighted by Crippen LogP contribution is -2.31. The van der Waals surface area contributed by atoms with Gasteiger partial charge in [-0.05, 0) is 47.5 Å². The molecule has 0 heterocycles. The third kappa shape index (κ3) is 6.88. The minimum atomic E-state index is -1.03. The molecular formula is C24H28N2O6. The first-order valence-electron chi connectivity index (χ1n) is 9.91. The summed E-state index contributed by atoms with van der Waals surface area (Å²) in [5, 5.41) is 27.3. The quantitative estimate of drug-likeness (QED) is 0.458. The molecule has 2 aromatic carbocycles. The standard InChI is InChI=1S/C24H28N2O6/c1-25(20-8-4-17(6-10-23(28)29)14-19(20)16-27)12-13-26(2)21-9-5-18(7-11-24(30)31)15-22(21)32-3/h4-11,14-15,27H,12-13,16H2,1-3H3,(H,28,29)(H,30,31)/b10-6+,11-7+. The van der Waals surface area contributed by atoms with Crippen LogP contribution in [0.4, 0.5) is 11.4 Å². The van der Waals surface area contributed by atoms with Crippen molar-refractivity contribution < 1.29 is 29.6 Å². The second-order valence-electron chi connectivity index (χ2n) is 7.16. The molecule has 8 heteroatoms. The minimum Gasteiger partial charge on any atom is -0.495 e. The first-order chi connectivity index (χ1) is 15.2. The van der Waals surface area contributed by atoms with Crippen LogP contribution in [0.25, 0.3) is 12.2 Å². The van der Waals surface area contributed by atoms with Crippen molar-refractivity contribution in [1.29, 1.82) is 0 Å². The number of aliphatic carboxylic acids is 2. The molecule has 0 amide bonds. The molecule has 0 aliphatic heterocycles. The summed E-state index contributed by atoms with van der Waals surface area (Å²) in [4.78, 5) is 25.5. The van der Waals surface area contributed by atoms with Gasteiger partial charge in [-0.3, -0.25) is 0 Å². The van der Waals surface area contributed by atoms with Gasteiger partial charge in [0.25, 0.3) is 0 Å². The van der Waals surface area contributed by atoms with Crippen LogP contribution >= 0.6 is 0 Å². The number of hydrogen-bond donors (Lipinski definition) is 3. The van der Waals surface area contributed by atoms with Gasteiger partial charge in [-0.25, -0.2) is 9.59 Å². The Bertz CT molecular complexity index is 934. The number of aliphatic hydroxyl groups is 1. The van der Waals surface area contributed by atoms with Crippen molar-refractivity contribution in [3.8, 4) is 5.75 Å². The number of carboxylic acid groups (broad SMARTS) is 2. The lowest BCUT2D eigenvalue weighted by molar-refractivity contribution is -0.132. The van der Waals surface area contributed by atoms with Crippen molar-refractivity contribution in [2.24, 2.45) is 0 Å². The highest BCUT2D eigenvalue weighted by Crippen LogP contribution is 2.29. The third-order valence-electron chi connectivity index (χ3n) is 4.91. The summed E-state index contributed by atoms with van der Waals surface area (Å²) in [5.41, 5.74) is 3.85. The average molecular weight is 440 g/mol. The van der Waals surface area contributed by atoms with Crippen LogP contribution in [0, 0.1) is 0 Å². The molecule has 0 spiro atoms. The van der Waals surface area contributed by atoms with Gasteiger partial charge in [-0.2, -0.15) is 0 Å². The number of nitrogens with zero attached hydrogens (tertiary/aromatic N) is 2. The number of aliphatic hydroxyl groups excluding tert-OH is 1. The van der Waals surface area contributed by atoms with Gasteiger partial charge < -0.3 is 29.9 Å². The number of carboxylic acids is 2. The molecule has 8 nitrogen and oxygen atoms in total. The Morgan fingerprint density at radius 2 is 1.38 bits per heavy atom. The van der Waals surface area contributed by atoms with Crippen LogP contribution in [0.5, 0.6) is 5.75 Å². The van der Waals surface area contributed by atoms with Crippen molar-refractivity contribution in [1.82, 2.24) is 0 Å². The summed E-state index contributed by atoms with van der Waals surface area (Å²) < 4.78 is 5.48. The summed E-state index contributed by atoms with van der Waals surface area (Å²) in [5.74, 6) is -1.41. The van der Waals surface area contributed by atoms with Crippen LogP contribution in [-0.4, -0.2) is 61.6 Å². The van der Waals surface area contributed by atoms with E-state index in [2.05, 4.69) is 0 Å². The number of likely N-dealkylation sites (N-methyl/N-ethyl adjacent to an activating group) is 2. The summed E-state index contributed by atoms with van der Waals surface area (Å²) in [6, 6.07) is 10.9. The summed E-state index contributed by atoms with van der Waals surface area (Å²) >= 11 is 0. The van der Waals surface area contributed by atoms with E-state index in [-0.39, 0.29) is 6.61 Å². The zero-order valence-corrected chi connectivity index (χ0v) is 18.4. The van der Waals surface area contributed by atoms with Gasteiger partial charge in [-0.1, -0.05) is 12.1 Å². The van der Waals surface area contributed by atoms with E-state index in [0.717, 1.165) is 29.1 Å². The second-order valence-corrected chi connectivity index (χ2v) is 7.16. The number of benzene rings is 2. The summed E-state index contributed by atoms with van der Waals surface area (Å²) in [7, 11) is 5.43. The van der Waals surface area contributed by atoms with Gasteiger partial charge in [0.1, 0.15) is 5.75 Å². The van der Waals surface area contributed by atoms with Crippen molar-refractivity contribution in [2.75, 3.05) is 44.1 Å². The molecule has 0 bridgehead atoms. The third-order valence-corrected chi connectivity index (χ3v) is 4.91. The molecule has 0 unspecified atom stereocenters. The van der Waals surface area contributed by atoms with Gasteiger partial charge in [0.2, 0.25) is 0 Å². The van der Waals surface area contributed by atoms with Crippen LogP contribution in [0.1, 0.15) is 16.7 Å². The molecule has 32 heavy (non-hydrogen) atoms. The Morgan fingerprint density at radius 3 is 1.88 bits per heavy atom. The molecule has 0 fully saturated rings. The maximum atomic E-state index is 10.7. The van der Waals surface area contributed by atoms with Crippen LogP contribution in [0.2, 0.25) is 0 Å². The second kappa shape index (κ2) is 11.6. The minimum absolute atomic E-state index is 0.163. The fourth-order valence-electron chi connectivity index (χ4n) is 3.20. The Morgan fingerprint density at radius 1 is 0.875 bits per heavy atom. The van der Waals surface area contributed by atoms with Crippen molar-refractivity contribution >= 4 is 35.5 Å². The van der Waals surface area contributed by atoms with Gasteiger partial charge in [0, 0.05) is 50.6 Å². The zero-order valence-electron chi connectivity index (χ0n) is 18.4. The van der Waals surface area contributed by atoms with E-state index >= 15 is 0 Å².